The minimum absolute atomic E-state index is 0. The van der Waals surface area contributed by atoms with Gasteiger partial charge in [-0.15, -0.1) is 12.4 Å². The van der Waals surface area contributed by atoms with E-state index >= 15 is 0 Å². The summed E-state index contributed by atoms with van der Waals surface area (Å²) >= 11 is 0. The Hall–Kier alpha value is -4.27. The molecular formula is C35H31ClN2. The van der Waals surface area contributed by atoms with Crippen molar-refractivity contribution in [2.75, 3.05) is 6.67 Å². The molecule has 0 amide bonds. The summed E-state index contributed by atoms with van der Waals surface area (Å²) in [6.45, 7) is 0.800. The largest absolute Gasteiger partial charge is 0.348 e. The topological polar surface area (TPSA) is 6.48 Å². The van der Waals surface area contributed by atoms with Crippen molar-refractivity contribution in [2.45, 2.75) is 12.1 Å². The number of hydrogen-bond acceptors (Lipinski definition) is 2. The standard InChI is InChI=1S/C35H30N2.ClH/c1-5-13-28(14-6-1)29-21-23-33(24-22-29)35(32-19-11-4-12-20-32)37-26-25-36(27-37)34(30-15-7-2-8-16-30)31-17-9-3-10-18-31;/h1-26,34-35H,27H2;1H. The number of nitrogens with zero attached hydrogens (tertiary/aromatic N) is 2. The van der Waals surface area contributed by atoms with Crippen LogP contribution in [0.3, 0.4) is 0 Å². The Bertz CT molecular complexity index is 1400. The Kier molecular flexibility index (Phi) is 7.92. The molecule has 1 atom stereocenters. The molecule has 188 valence electrons. The van der Waals surface area contributed by atoms with Crippen molar-refractivity contribution < 1.29 is 0 Å². The smallest absolute Gasteiger partial charge is 0.0911 e. The van der Waals surface area contributed by atoms with Crippen LogP contribution in [0.4, 0.5) is 0 Å². The van der Waals surface area contributed by atoms with Crippen molar-refractivity contribution in [3.05, 3.63) is 180 Å². The van der Waals surface area contributed by atoms with Crippen molar-refractivity contribution in [3.8, 4) is 11.1 Å². The third-order valence-electron chi connectivity index (χ3n) is 7.12. The van der Waals surface area contributed by atoms with E-state index in [9.17, 15) is 0 Å². The van der Waals surface area contributed by atoms with Gasteiger partial charge >= 0.3 is 0 Å². The first kappa shape index (κ1) is 25.4. The van der Waals surface area contributed by atoms with Crippen LogP contribution in [0.1, 0.15) is 34.3 Å². The average molecular weight is 515 g/mol. The highest BCUT2D eigenvalue weighted by Crippen LogP contribution is 2.37. The lowest BCUT2D eigenvalue weighted by atomic mass is 9.95. The second kappa shape index (κ2) is 11.9. The molecule has 0 saturated carbocycles. The number of halogens is 1. The summed E-state index contributed by atoms with van der Waals surface area (Å²) in [5, 5.41) is 0. The lowest BCUT2D eigenvalue weighted by Crippen LogP contribution is -2.32. The van der Waals surface area contributed by atoms with Crippen molar-refractivity contribution in [3.63, 3.8) is 0 Å². The maximum absolute atomic E-state index is 2.45. The maximum Gasteiger partial charge on any atom is 0.0911 e. The van der Waals surface area contributed by atoms with Gasteiger partial charge in [0.25, 0.3) is 0 Å². The molecule has 0 saturated heterocycles. The van der Waals surface area contributed by atoms with E-state index < -0.39 is 0 Å². The van der Waals surface area contributed by atoms with Crippen molar-refractivity contribution in [1.29, 1.82) is 0 Å². The van der Waals surface area contributed by atoms with Crippen LogP contribution in [0, 0.1) is 0 Å². The van der Waals surface area contributed by atoms with Gasteiger partial charge in [-0.1, -0.05) is 146 Å². The first-order chi connectivity index (χ1) is 18.4. The number of benzene rings is 5. The molecule has 6 rings (SSSR count). The number of hydrogen-bond donors (Lipinski definition) is 0. The summed E-state index contributed by atoms with van der Waals surface area (Å²) in [4.78, 5) is 4.89. The van der Waals surface area contributed by atoms with Crippen LogP contribution >= 0.6 is 12.4 Å². The monoisotopic (exact) mass is 514 g/mol. The zero-order valence-electron chi connectivity index (χ0n) is 21.2. The molecule has 0 aliphatic carbocycles. The molecule has 5 aromatic carbocycles. The molecule has 0 N–H and O–H groups in total. The fraction of sp³-hybridized carbons (Fsp3) is 0.0857. The SMILES string of the molecule is C1=CN(C(c2ccccc2)c2ccc(-c3ccccc3)cc2)CN1C(c1ccccc1)c1ccccc1.Cl. The highest BCUT2D eigenvalue weighted by atomic mass is 35.5. The second-order valence-corrected chi connectivity index (χ2v) is 9.49. The van der Waals surface area contributed by atoms with Gasteiger partial charge < -0.3 is 9.80 Å². The van der Waals surface area contributed by atoms with Crippen molar-refractivity contribution in [2.24, 2.45) is 0 Å². The highest BCUT2D eigenvalue weighted by molar-refractivity contribution is 5.85. The van der Waals surface area contributed by atoms with Crippen LogP contribution < -0.4 is 0 Å². The van der Waals surface area contributed by atoms with E-state index in [1.807, 2.05) is 0 Å². The Balaban J connectivity index is 0.00000294. The third kappa shape index (κ3) is 5.37. The summed E-state index contributed by atoms with van der Waals surface area (Å²) in [5.74, 6) is 0. The summed E-state index contributed by atoms with van der Waals surface area (Å²) in [5.41, 5.74) is 7.65. The molecule has 1 aliphatic heterocycles. The third-order valence-corrected chi connectivity index (χ3v) is 7.12. The Morgan fingerprint density at radius 3 is 1.08 bits per heavy atom. The van der Waals surface area contributed by atoms with Crippen LogP contribution in [-0.2, 0) is 0 Å². The first-order valence-corrected chi connectivity index (χ1v) is 12.9. The van der Waals surface area contributed by atoms with Gasteiger partial charge in [0.1, 0.15) is 0 Å². The fourth-order valence-electron chi connectivity index (χ4n) is 5.33. The fourth-order valence-corrected chi connectivity index (χ4v) is 5.33. The van der Waals surface area contributed by atoms with Gasteiger partial charge in [0, 0.05) is 12.4 Å². The maximum atomic E-state index is 2.45. The van der Waals surface area contributed by atoms with Crippen LogP contribution in [0.2, 0.25) is 0 Å². The van der Waals surface area contributed by atoms with Gasteiger partial charge in [0.2, 0.25) is 0 Å². The minimum atomic E-state index is 0. The van der Waals surface area contributed by atoms with Gasteiger partial charge in [0.05, 0.1) is 18.8 Å². The van der Waals surface area contributed by atoms with Crippen LogP contribution in [-0.4, -0.2) is 16.5 Å². The normalized spacial score (nSPS) is 13.4. The van der Waals surface area contributed by atoms with Crippen LogP contribution in [0.5, 0.6) is 0 Å². The van der Waals surface area contributed by atoms with Crippen molar-refractivity contribution in [1.82, 2.24) is 9.80 Å². The summed E-state index contributed by atoms with van der Waals surface area (Å²) < 4.78 is 0. The average Bonchev–Trinajstić information content (AvgIpc) is 3.45. The predicted octanol–water partition coefficient (Wildman–Crippen LogP) is 8.70. The van der Waals surface area contributed by atoms with E-state index in [1.54, 1.807) is 0 Å². The molecule has 5 aromatic rings. The summed E-state index contributed by atoms with van der Waals surface area (Å²) in [6, 6.07) is 52.3. The summed E-state index contributed by atoms with van der Waals surface area (Å²) in [7, 11) is 0. The summed E-state index contributed by atoms with van der Waals surface area (Å²) in [6.07, 6.45) is 4.50. The highest BCUT2D eigenvalue weighted by Gasteiger charge is 2.29. The lowest BCUT2D eigenvalue weighted by Gasteiger charge is -2.34. The van der Waals surface area contributed by atoms with Gasteiger partial charge in [-0.3, -0.25) is 0 Å². The molecule has 1 aliphatic rings. The van der Waals surface area contributed by atoms with Crippen LogP contribution in [0.25, 0.3) is 11.1 Å². The number of rotatable bonds is 7. The van der Waals surface area contributed by atoms with E-state index in [0.29, 0.717) is 0 Å². The molecule has 3 heteroatoms. The molecule has 1 unspecified atom stereocenters. The first-order valence-electron chi connectivity index (χ1n) is 12.9. The predicted molar refractivity (Wildman–Crippen MR) is 160 cm³/mol. The zero-order chi connectivity index (χ0) is 24.9. The van der Waals surface area contributed by atoms with Crippen LogP contribution in [0.15, 0.2) is 158 Å². The molecule has 2 nitrogen and oxygen atoms in total. The molecule has 1 heterocycles. The van der Waals surface area contributed by atoms with Gasteiger partial charge in [-0.2, -0.15) is 0 Å². The molecule has 0 fully saturated rings. The Morgan fingerprint density at radius 1 is 0.368 bits per heavy atom. The van der Waals surface area contributed by atoms with E-state index in [1.165, 1.54) is 33.4 Å². The van der Waals surface area contributed by atoms with E-state index in [0.717, 1.165) is 6.67 Å². The molecule has 38 heavy (non-hydrogen) atoms. The van der Waals surface area contributed by atoms with Crippen molar-refractivity contribution >= 4 is 12.4 Å². The van der Waals surface area contributed by atoms with E-state index in [-0.39, 0.29) is 24.5 Å². The molecular weight excluding hydrogens is 484 g/mol. The van der Waals surface area contributed by atoms with Gasteiger partial charge in [-0.25, -0.2) is 0 Å². The minimum Gasteiger partial charge on any atom is -0.348 e. The quantitative estimate of drug-likeness (QED) is 0.214. The van der Waals surface area contributed by atoms with Gasteiger partial charge in [-0.05, 0) is 33.4 Å². The zero-order valence-corrected chi connectivity index (χ0v) is 22.0. The molecule has 0 radical (unpaired) electrons. The molecule has 0 bridgehead atoms. The van der Waals surface area contributed by atoms with E-state index in [4.69, 9.17) is 0 Å². The Labute approximate surface area is 231 Å². The molecule has 0 spiro atoms. The van der Waals surface area contributed by atoms with Gasteiger partial charge in [0.15, 0.2) is 0 Å². The second-order valence-electron chi connectivity index (χ2n) is 9.49. The van der Waals surface area contributed by atoms with E-state index in [2.05, 4.69) is 168 Å². The Morgan fingerprint density at radius 2 is 0.684 bits per heavy atom. The lowest BCUT2D eigenvalue weighted by molar-refractivity contribution is 0.207. The molecule has 0 aromatic heterocycles.